The molecule has 0 aliphatic rings. The molecule has 0 saturated heterocycles. The zero-order valence-corrected chi connectivity index (χ0v) is 18.6. The zero-order valence-electron chi connectivity index (χ0n) is 17.7. The van der Waals surface area contributed by atoms with Crippen LogP contribution in [0.4, 0.5) is 0 Å². The summed E-state index contributed by atoms with van der Waals surface area (Å²) in [7, 11) is 0. The maximum atomic E-state index is 12.4. The number of aromatic nitrogens is 1. The Kier molecular flexibility index (Phi) is 5.62. The molecule has 0 aliphatic carbocycles. The van der Waals surface area contributed by atoms with Crippen LogP contribution in [0.25, 0.3) is 21.2 Å². The first kappa shape index (κ1) is 20.9. The van der Waals surface area contributed by atoms with E-state index in [1.165, 1.54) is 17.4 Å². The Hall–Kier alpha value is -3.97. The molecule has 0 spiro atoms. The van der Waals surface area contributed by atoms with E-state index in [1.54, 1.807) is 18.2 Å². The predicted octanol–water partition coefficient (Wildman–Crippen LogP) is 5.65. The molecule has 0 amide bonds. The number of fused-ring (bicyclic) bond motifs is 2. The summed E-state index contributed by atoms with van der Waals surface area (Å²) in [6, 6.07) is 21.8. The molecule has 3 aromatic carbocycles. The molecule has 6 nitrogen and oxygen atoms in total. The second-order valence-electron chi connectivity index (χ2n) is 7.54. The second-order valence-corrected chi connectivity index (χ2v) is 8.66. The van der Waals surface area contributed by atoms with Crippen LogP contribution in [-0.2, 0) is 18.0 Å². The molecule has 0 saturated carbocycles. The van der Waals surface area contributed by atoms with Gasteiger partial charge in [-0.05, 0) is 54.4 Å². The van der Waals surface area contributed by atoms with E-state index in [2.05, 4.69) is 4.98 Å². The lowest BCUT2D eigenvalue weighted by Crippen LogP contribution is -2.05. The third kappa shape index (κ3) is 4.63. The molecule has 164 valence electrons. The van der Waals surface area contributed by atoms with Gasteiger partial charge in [0.15, 0.2) is 0 Å². The first-order chi connectivity index (χ1) is 16.0. The molecule has 33 heavy (non-hydrogen) atoms. The first-order valence-corrected chi connectivity index (χ1v) is 11.1. The van der Waals surface area contributed by atoms with Gasteiger partial charge in [0.2, 0.25) is 0 Å². The van der Waals surface area contributed by atoms with Crippen molar-refractivity contribution in [2.75, 3.05) is 0 Å². The molecule has 2 aromatic heterocycles. The van der Waals surface area contributed by atoms with E-state index >= 15 is 0 Å². The number of benzene rings is 3. The highest BCUT2D eigenvalue weighted by atomic mass is 32.1. The molecule has 0 atom stereocenters. The fourth-order valence-corrected chi connectivity index (χ4v) is 4.37. The van der Waals surface area contributed by atoms with Crippen molar-refractivity contribution in [2.45, 2.75) is 20.1 Å². The van der Waals surface area contributed by atoms with E-state index in [1.807, 2.05) is 55.5 Å². The van der Waals surface area contributed by atoms with Crippen LogP contribution in [0.5, 0.6) is 5.75 Å². The summed E-state index contributed by atoms with van der Waals surface area (Å²) in [4.78, 5) is 28.5. The fraction of sp³-hybridized carbons (Fsp3) is 0.115. The molecular weight excluding hydrogens is 438 g/mol. The number of nitrogens with zero attached hydrogens (tertiary/aromatic N) is 1. The van der Waals surface area contributed by atoms with Gasteiger partial charge in [-0.2, -0.15) is 0 Å². The Balaban J connectivity index is 1.20. The zero-order chi connectivity index (χ0) is 22.8. The summed E-state index contributed by atoms with van der Waals surface area (Å²) in [5.74, 6) is 0.192. The smallest absolute Gasteiger partial charge is 0.338 e. The maximum Gasteiger partial charge on any atom is 0.338 e. The van der Waals surface area contributed by atoms with Crippen molar-refractivity contribution in [1.29, 1.82) is 0 Å². The molecule has 0 bridgehead atoms. The van der Waals surface area contributed by atoms with Crippen LogP contribution in [0, 0.1) is 6.92 Å². The van der Waals surface area contributed by atoms with E-state index in [4.69, 9.17) is 13.9 Å². The molecular formula is C26H19NO5S. The Bertz CT molecular complexity index is 1480. The Morgan fingerprint density at radius 3 is 2.64 bits per heavy atom. The highest BCUT2D eigenvalue weighted by Gasteiger charge is 2.10. The van der Waals surface area contributed by atoms with Crippen LogP contribution in [0.3, 0.4) is 0 Å². The SMILES string of the molecule is Cc1cc(=O)oc2cc(OCc3ccc(C(=O)OCc4nc5ccccc5s4)cc3)ccc12. The number of para-hydroxylation sites is 1. The summed E-state index contributed by atoms with van der Waals surface area (Å²) in [6.07, 6.45) is 0. The fourth-order valence-electron chi connectivity index (χ4n) is 3.49. The number of carbonyl (C=O) groups excluding carboxylic acids is 1. The third-order valence-electron chi connectivity index (χ3n) is 5.18. The van der Waals surface area contributed by atoms with Crippen LogP contribution in [-0.4, -0.2) is 11.0 Å². The van der Waals surface area contributed by atoms with Crippen molar-refractivity contribution >= 4 is 38.5 Å². The number of rotatable bonds is 6. The number of carbonyl (C=O) groups is 1. The molecule has 2 heterocycles. The summed E-state index contributed by atoms with van der Waals surface area (Å²) in [5, 5.41) is 1.63. The van der Waals surface area contributed by atoms with Crippen LogP contribution in [0.1, 0.15) is 26.5 Å². The van der Waals surface area contributed by atoms with Crippen molar-refractivity contribution in [1.82, 2.24) is 4.98 Å². The quantitative estimate of drug-likeness (QED) is 0.242. The molecule has 5 rings (SSSR count). The van der Waals surface area contributed by atoms with Gasteiger partial charge < -0.3 is 13.9 Å². The van der Waals surface area contributed by atoms with Crippen molar-refractivity contribution < 1.29 is 18.7 Å². The minimum absolute atomic E-state index is 0.139. The van der Waals surface area contributed by atoms with Gasteiger partial charge in [0.1, 0.15) is 29.6 Å². The van der Waals surface area contributed by atoms with Gasteiger partial charge in [0.25, 0.3) is 0 Å². The normalized spacial score (nSPS) is 11.1. The molecule has 0 radical (unpaired) electrons. The Morgan fingerprint density at radius 2 is 1.82 bits per heavy atom. The number of hydrogen-bond acceptors (Lipinski definition) is 7. The summed E-state index contributed by atoms with van der Waals surface area (Å²) in [6.45, 7) is 2.31. The highest BCUT2D eigenvalue weighted by molar-refractivity contribution is 7.18. The van der Waals surface area contributed by atoms with E-state index < -0.39 is 5.97 Å². The van der Waals surface area contributed by atoms with E-state index in [0.29, 0.717) is 23.5 Å². The summed E-state index contributed by atoms with van der Waals surface area (Å²) >= 11 is 1.51. The average Bonchev–Trinajstić information content (AvgIpc) is 3.24. The number of ether oxygens (including phenoxy) is 2. The van der Waals surface area contributed by atoms with E-state index in [9.17, 15) is 9.59 Å². The van der Waals surface area contributed by atoms with Crippen molar-refractivity contribution in [3.63, 3.8) is 0 Å². The van der Waals surface area contributed by atoms with Gasteiger partial charge in [-0.25, -0.2) is 14.6 Å². The second kappa shape index (κ2) is 8.88. The largest absolute Gasteiger partial charge is 0.489 e. The average molecular weight is 458 g/mol. The van der Waals surface area contributed by atoms with E-state index in [0.717, 1.165) is 31.7 Å². The van der Waals surface area contributed by atoms with Crippen LogP contribution < -0.4 is 10.4 Å². The number of thiazole rings is 1. The maximum absolute atomic E-state index is 12.4. The minimum atomic E-state index is -0.401. The monoisotopic (exact) mass is 457 g/mol. The van der Waals surface area contributed by atoms with Crippen LogP contribution >= 0.6 is 11.3 Å². The topological polar surface area (TPSA) is 78.6 Å². The third-order valence-corrected chi connectivity index (χ3v) is 6.19. The van der Waals surface area contributed by atoms with Crippen LogP contribution in [0.15, 0.2) is 82.0 Å². The summed E-state index contributed by atoms with van der Waals surface area (Å²) in [5.41, 5.74) is 3.22. The molecule has 5 aromatic rings. The van der Waals surface area contributed by atoms with Gasteiger partial charge in [-0.15, -0.1) is 11.3 Å². The first-order valence-electron chi connectivity index (χ1n) is 10.3. The highest BCUT2D eigenvalue weighted by Crippen LogP contribution is 2.24. The molecule has 0 aliphatic heterocycles. The lowest BCUT2D eigenvalue weighted by molar-refractivity contribution is 0.0472. The minimum Gasteiger partial charge on any atom is -0.489 e. The lowest BCUT2D eigenvalue weighted by Gasteiger charge is -2.08. The Labute approximate surface area is 193 Å². The number of aryl methyl sites for hydroxylation is 1. The van der Waals surface area contributed by atoms with Crippen molar-refractivity contribution in [3.05, 3.63) is 105 Å². The summed E-state index contributed by atoms with van der Waals surface area (Å²) < 4.78 is 17.6. The number of hydrogen-bond donors (Lipinski definition) is 0. The van der Waals surface area contributed by atoms with E-state index in [-0.39, 0.29) is 12.2 Å². The van der Waals surface area contributed by atoms with Gasteiger partial charge in [0.05, 0.1) is 15.8 Å². The molecule has 7 heteroatoms. The van der Waals surface area contributed by atoms with Gasteiger partial charge in [-0.3, -0.25) is 0 Å². The van der Waals surface area contributed by atoms with Gasteiger partial charge in [0, 0.05) is 17.5 Å². The van der Waals surface area contributed by atoms with Gasteiger partial charge in [-0.1, -0.05) is 24.3 Å². The molecule has 0 unspecified atom stereocenters. The molecule has 0 fully saturated rings. The predicted molar refractivity (Wildman–Crippen MR) is 127 cm³/mol. The van der Waals surface area contributed by atoms with Crippen LogP contribution in [0.2, 0.25) is 0 Å². The van der Waals surface area contributed by atoms with Gasteiger partial charge >= 0.3 is 11.6 Å². The molecule has 0 N–H and O–H groups in total. The standard InChI is InChI=1S/C26H19NO5S/c1-16-12-25(28)32-22-13-19(10-11-20(16)22)30-14-17-6-8-18(9-7-17)26(29)31-15-24-27-21-4-2-3-5-23(21)33-24/h2-13H,14-15H2,1H3. The van der Waals surface area contributed by atoms with Crippen molar-refractivity contribution in [3.8, 4) is 5.75 Å². The Morgan fingerprint density at radius 1 is 1.00 bits per heavy atom. The number of esters is 1. The van der Waals surface area contributed by atoms with Crippen molar-refractivity contribution in [2.24, 2.45) is 0 Å². The lowest BCUT2D eigenvalue weighted by atomic mass is 10.1.